The molecule has 0 saturated carbocycles. The molecule has 0 aromatic carbocycles. The van der Waals surface area contributed by atoms with Gasteiger partial charge < -0.3 is 20.4 Å². The zero-order valence-corrected chi connectivity index (χ0v) is 21.9. The molecule has 172 valence electrons. The summed E-state index contributed by atoms with van der Waals surface area (Å²) in [4.78, 5) is 23.1. The summed E-state index contributed by atoms with van der Waals surface area (Å²) in [6.45, 7) is 12.9. The van der Waals surface area contributed by atoms with Crippen molar-refractivity contribution in [2.24, 2.45) is 4.99 Å². The van der Waals surface area contributed by atoms with Crippen LogP contribution in [0.2, 0.25) is 0 Å². The van der Waals surface area contributed by atoms with Gasteiger partial charge in [0.15, 0.2) is 5.96 Å². The third kappa shape index (κ3) is 10.8. The van der Waals surface area contributed by atoms with E-state index in [0.717, 1.165) is 70.9 Å². The maximum Gasteiger partial charge on any atom is 0.239 e. The molecule has 1 aliphatic heterocycles. The van der Waals surface area contributed by atoms with Gasteiger partial charge in [-0.3, -0.25) is 14.7 Å². The van der Waals surface area contributed by atoms with Gasteiger partial charge in [-0.05, 0) is 65.2 Å². The quantitative estimate of drug-likeness (QED) is 0.178. The van der Waals surface area contributed by atoms with Gasteiger partial charge in [0, 0.05) is 40.3 Å². The molecule has 1 heterocycles. The van der Waals surface area contributed by atoms with Gasteiger partial charge in [0.2, 0.25) is 5.91 Å². The molecule has 2 unspecified atom stereocenters. The Labute approximate surface area is 196 Å². The Balaban J connectivity index is 0.00000784. The molecule has 0 spiro atoms. The number of carbonyl (C=O) groups excluding carboxylic acids is 1. The van der Waals surface area contributed by atoms with Crippen molar-refractivity contribution in [1.29, 1.82) is 0 Å². The number of likely N-dealkylation sites (N-methyl/N-ethyl adjacent to an activating group) is 1. The summed E-state index contributed by atoms with van der Waals surface area (Å²) in [6.07, 6.45) is 5.45. The minimum absolute atomic E-state index is 0. The van der Waals surface area contributed by atoms with Gasteiger partial charge in [-0.1, -0.05) is 13.8 Å². The Bertz CT molecular complexity index is 470. The number of aliphatic imine (C=N–C) groups is 1. The van der Waals surface area contributed by atoms with E-state index in [2.05, 4.69) is 46.2 Å². The number of halogens is 1. The van der Waals surface area contributed by atoms with Crippen molar-refractivity contribution < 1.29 is 4.79 Å². The predicted octanol–water partition coefficient (Wildman–Crippen LogP) is 2.22. The van der Waals surface area contributed by atoms with E-state index < -0.39 is 0 Å². The van der Waals surface area contributed by atoms with Crippen LogP contribution in [0.5, 0.6) is 0 Å². The average molecular weight is 525 g/mol. The Hall–Kier alpha value is -0.610. The van der Waals surface area contributed by atoms with Crippen LogP contribution in [0, 0.1) is 0 Å². The molecule has 1 fully saturated rings. The van der Waals surface area contributed by atoms with E-state index in [4.69, 9.17) is 0 Å². The van der Waals surface area contributed by atoms with Crippen LogP contribution in [0.3, 0.4) is 0 Å². The highest BCUT2D eigenvalue weighted by Crippen LogP contribution is 2.18. The first-order chi connectivity index (χ1) is 13.4. The number of carbonyl (C=O) groups is 1. The van der Waals surface area contributed by atoms with Crippen LogP contribution in [-0.2, 0) is 4.79 Å². The molecule has 0 aromatic rings. The van der Waals surface area contributed by atoms with Crippen LogP contribution in [-0.4, -0.2) is 99.1 Å². The lowest BCUT2D eigenvalue weighted by Gasteiger charge is -2.26. The number of amides is 1. The lowest BCUT2D eigenvalue weighted by molar-refractivity contribution is -0.133. The number of nitrogens with zero attached hydrogens (tertiary/aromatic N) is 4. The normalized spacial score (nSPS) is 18.4. The number of nitrogens with one attached hydrogen (secondary N) is 2. The first kappa shape index (κ1) is 28.4. The van der Waals surface area contributed by atoms with Crippen LogP contribution in [0.4, 0.5) is 0 Å². The fourth-order valence-electron chi connectivity index (χ4n) is 3.82. The number of likely N-dealkylation sites (tertiary alicyclic amines) is 1. The fraction of sp³-hybridized carbons (Fsp3) is 0.905. The topological polar surface area (TPSA) is 63.2 Å². The second-order valence-electron chi connectivity index (χ2n) is 7.99. The number of rotatable bonds is 12. The van der Waals surface area contributed by atoms with Gasteiger partial charge >= 0.3 is 0 Å². The van der Waals surface area contributed by atoms with Crippen molar-refractivity contribution >= 4 is 35.8 Å². The summed E-state index contributed by atoms with van der Waals surface area (Å²) >= 11 is 0. The minimum Gasteiger partial charge on any atom is -0.356 e. The molecule has 2 atom stereocenters. The van der Waals surface area contributed by atoms with Crippen molar-refractivity contribution in [1.82, 2.24) is 25.3 Å². The zero-order valence-electron chi connectivity index (χ0n) is 19.5. The molecule has 0 aliphatic carbocycles. The SMILES string of the molecule is CCN(CC)CCCC(C)NC(=NC)NCCCN1CCCC1C(=O)N(C)C.I. The molecule has 1 aliphatic rings. The highest BCUT2D eigenvalue weighted by Gasteiger charge is 2.30. The monoisotopic (exact) mass is 524 g/mol. The maximum atomic E-state index is 12.3. The van der Waals surface area contributed by atoms with E-state index in [0.29, 0.717) is 6.04 Å². The molecule has 1 saturated heterocycles. The summed E-state index contributed by atoms with van der Waals surface area (Å²) in [5, 5.41) is 6.91. The third-order valence-corrected chi connectivity index (χ3v) is 5.62. The number of guanidine groups is 1. The van der Waals surface area contributed by atoms with Gasteiger partial charge in [0.05, 0.1) is 6.04 Å². The first-order valence-corrected chi connectivity index (χ1v) is 11.1. The Kier molecular flexibility index (Phi) is 15.8. The second kappa shape index (κ2) is 16.1. The average Bonchev–Trinajstić information content (AvgIpc) is 3.15. The van der Waals surface area contributed by atoms with Gasteiger partial charge in [0.25, 0.3) is 0 Å². The standard InChI is InChI=1S/C21H44N6O.HI/c1-7-26(8-2)15-9-12-18(3)24-21(22-4)23-14-11-17-27-16-10-13-19(27)20(28)25(5)6;/h18-19H,7-17H2,1-6H3,(H2,22,23,24);1H. The molecule has 0 radical (unpaired) electrons. The molecular weight excluding hydrogens is 479 g/mol. The molecule has 8 heteroatoms. The Morgan fingerprint density at radius 2 is 1.93 bits per heavy atom. The number of hydrogen-bond donors (Lipinski definition) is 2. The molecule has 1 rings (SSSR count). The van der Waals surface area contributed by atoms with Crippen LogP contribution < -0.4 is 10.6 Å². The second-order valence-corrected chi connectivity index (χ2v) is 7.99. The van der Waals surface area contributed by atoms with Crippen molar-refractivity contribution in [2.75, 3.05) is 60.4 Å². The van der Waals surface area contributed by atoms with E-state index >= 15 is 0 Å². The van der Waals surface area contributed by atoms with E-state index in [1.54, 1.807) is 4.90 Å². The lowest BCUT2D eigenvalue weighted by atomic mass is 10.2. The largest absolute Gasteiger partial charge is 0.356 e. The van der Waals surface area contributed by atoms with Crippen molar-refractivity contribution in [3.63, 3.8) is 0 Å². The van der Waals surface area contributed by atoms with Gasteiger partial charge in [-0.2, -0.15) is 0 Å². The first-order valence-electron chi connectivity index (χ1n) is 11.1. The van der Waals surface area contributed by atoms with Crippen LogP contribution in [0.15, 0.2) is 4.99 Å². The Morgan fingerprint density at radius 1 is 1.24 bits per heavy atom. The minimum atomic E-state index is 0. The van der Waals surface area contributed by atoms with Crippen molar-refractivity contribution in [3.05, 3.63) is 0 Å². The lowest BCUT2D eigenvalue weighted by Crippen LogP contribution is -2.45. The molecular formula is C21H45IN6O. The van der Waals surface area contributed by atoms with E-state index in [1.807, 2.05) is 21.1 Å². The Morgan fingerprint density at radius 3 is 2.52 bits per heavy atom. The summed E-state index contributed by atoms with van der Waals surface area (Å²) < 4.78 is 0. The molecule has 29 heavy (non-hydrogen) atoms. The third-order valence-electron chi connectivity index (χ3n) is 5.62. The summed E-state index contributed by atoms with van der Waals surface area (Å²) in [7, 11) is 5.52. The van der Waals surface area contributed by atoms with Crippen LogP contribution in [0.1, 0.15) is 52.9 Å². The smallest absolute Gasteiger partial charge is 0.239 e. The highest BCUT2D eigenvalue weighted by atomic mass is 127. The molecule has 7 nitrogen and oxygen atoms in total. The van der Waals surface area contributed by atoms with Gasteiger partial charge in [-0.25, -0.2) is 0 Å². The highest BCUT2D eigenvalue weighted by molar-refractivity contribution is 14.0. The predicted molar refractivity (Wildman–Crippen MR) is 134 cm³/mol. The fourth-order valence-corrected chi connectivity index (χ4v) is 3.82. The van der Waals surface area contributed by atoms with Crippen LogP contribution in [0.25, 0.3) is 0 Å². The van der Waals surface area contributed by atoms with Crippen molar-refractivity contribution in [2.45, 2.75) is 65.0 Å². The maximum absolute atomic E-state index is 12.3. The zero-order chi connectivity index (χ0) is 20.9. The summed E-state index contributed by atoms with van der Waals surface area (Å²) in [5.74, 6) is 1.11. The molecule has 0 aromatic heterocycles. The van der Waals surface area contributed by atoms with Gasteiger partial charge in [0.1, 0.15) is 0 Å². The van der Waals surface area contributed by atoms with Crippen molar-refractivity contribution in [3.8, 4) is 0 Å². The molecule has 0 bridgehead atoms. The van der Waals surface area contributed by atoms with Crippen LogP contribution >= 0.6 is 24.0 Å². The molecule has 1 amide bonds. The molecule has 2 N–H and O–H groups in total. The van der Waals surface area contributed by atoms with E-state index in [-0.39, 0.29) is 35.9 Å². The van der Waals surface area contributed by atoms with E-state index in [9.17, 15) is 4.79 Å². The summed E-state index contributed by atoms with van der Waals surface area (Å²) in [5.41, 5.74) is 0. The van der Waals surface area contributed by atoms with Gasteiger partial charge in [-0.15, -0.1) is 24.0 Å². The summed E-state index contributed by atoms with van der Waals surface area (Å²) in [6, 6.07) is 0.473. The van der Waals surface area contributed by atoms with E-state index in [1.165, 1.54) is 6.42 Å². The number of hydrogen-bond acceptors (Lipinski definition) is 4.